The van der Waals surface area contributed by atoms with E-state index in [1.165, 1.54) is 0 Å². The van der Waals surface area contributed by atoms with Crippen LogP contribution in [0.1, 0.15) is 15.9 Å². The van der Waals surface area contributed by atoms with Crippen LogP contribution in [-0.2, 0) is 6.42 Å². The highest BCUT2D eigenvalue weighted by atomic mass is 16.5. The van der Waals surface area contributed by atoms with Crippen LogP contribution in [0.25, 0.3) is 11.1 Å². The summed E-state index contributed by atoms with van der Waals surface area (Å²) in [6.45, 7) is 3.66. The van der Waals surface area contributed by atoms with Crippen molar-refractivity contribution in [1.82, 2.24) is 9.88 Å². The first kappa shape index (κ1) is 18.0. The molecular formula is C22H24N4O3. The van der Waals surface area contributed by atoms with Gasteiger partial charge in [0, 0.05) is 43.2 Å². The first-order valence-electron chi connectivity index (χ1n) is 9.92. The number of ether oxygens (including phenoxy) is 1. The number of oxazole rings is 1. The molecule has 0 saturated carbocycles. The zero-order valence-corrected chi connectivity index (χ0v) is 16.6. The second-order valence-corrected chi connectivity index (χ2v) is 8.09. The third-order valence-corrected chi connectivity index (χ3v) is 5.44. The highest BCUT2D eigenvalue weighted by Gasteiger charge is 2.30. The molecule has 0 unspecified atom stereocenters. The molecule has 150 valence electrons. The predicted molar refractivity (Wildman–Crippen MR) is 112 cm³/mol. The smallest absolute Gasteiger partial charge is 0.298 e. The fourth-order valence-corrected chi connectivity index (χ4v) is 4.02. The number of carbonyl (C=O) groups is 1. The van der Waals surface area contributed by atoms with Gasteiger partial charge in [-0.2, -0.15) is 4.98 Å². The number of nitrogens with one attached hydrogen (secondary N) is 1. The van der Waals surface area contributed by atoms with E-state index in [-0.39, 0.29) is 5.91 Å². The van der Waals surface area contributed by atoms with Gasteiger partial charge in [-0.3, -0.25) is 4.79 Å². The maximum absolute atomic E-state index is 12.6. The number of anilines is 2. The topological polar surface area (TPSA) is 70.8 Å². The SMILES string of the molecule is CN(C)CC1CN(c2nc3cc(NC(=O)c4ccc5c(c4)CCO5)ccc3o2)C1. The molecule has 7 heteroatoms. The maximum atomic E-state index is 12.6. The fourth-order valence-electron chi connectivity index (χ4n) is 4.02. The Balaban J connectivity index is 1.28. The number of hydrogen-bond acceptors (Lipinski definition) is 6. The molecule has 3 aromatic rings. The van der Waals surface area contributed by atoms with Crippen molar-refractivity contribution in [3.63, 3.8) is 0 Å². The highest BCUT2D eigenvalue weighted by Crippen LogP contribution is 2.30. The summed E-state index contributed by atoms with van der Waals surface area (Å²) < 4.78 is 11.4. The Kier molecular flexibility index (Phi) is 4.39. The molecule has 29 heavy (non-hydrogen) atoms. The maximum Gasteiger partial charge on any atom is 0.298 e. The minimum Gasteiger partial charge on any atom is -0.493 e. The standard InChI is InChI=1S/C22H24N4O3/c1-25(2)11-14-12-26(13-14)22-24-18-10-17(4-6-20(18)29-22)23-21(27)16-3-5-19-15(9-16)7-8-28-19/h3-6,9-10,14H,7-8,11-13H2,1-2H3,(H,23,27). The largest absolute Gasteiger partial charge is 0.493 e. The molecule has 2 aliphatic heterocycles. The highest BCUT2D eigenvalue weighted by molar-refractivity contribution is 6.05. The van der Waals surface area contributed by atoms with E-state index in [1.54, 1.807) is 6.07 Å². The lowest BCUT2D eigenvalue weighted by molar-refractivity contribution is 0.102. The lowest BCUT2D eigenvalue weighted by Crippen LogP contribution is -2.50. The number of aromatic nitrogens is 1. The Morgan fingerprint density at radius 3 is 2.93 bits per heavy atom. The van der Waals surface area contributed by atoms with E-state index in [2.05, 4.69) is 34.2 Å². The van der Waals surface area contributed by atoms with Crippen molar-refractivity contribution in [3.8, 4) is 5.75 Å². The van der Waals surface area contributed by atoms with Gasteiger partial charge in [0.25, 0.3) is 11.9 Å². The van der Waals surface area contributed by atoms with Crippen LogP contribution in [0.3, 0.4) is 0 Å². The fraction of sp³-hybridized carbons (Fsp3) is 0.364. The molecule has 1 amide bonds. The number of fused-ring (bicyclic) bond motifs is 2. The van der Waals surface area contributed by atoms with E-state index in [0.717, 1.165) is 48.5 Å². The normalized spacial score (nSPS) is 16.0. The van der Waals surface area contributed by atoms with Crippen molar-refractivity contribution in [2.45, 2.75) is 6.42 Å². The molecule has 3 heterocycles. The number of hydrogen-bond donors (Lipinski definition) is 1. The third kappa shape index (κ3) is 3.53. The van der Waals surface area contributed by atoms with Crippen molar-refractivity contribution >= 4 is 28.7 Å². The Morgan fingerprint density at radius 2 is 2.10 bits per heavy atom. The first-order chi connectivity index (χ1) is 14.0. The molecule has 0 atom stereocenters. The summed E-state index contributed by atoms with van der Waals surface area (Å²) in [5, 5.41) is 2.96. The van der Waals surface area contributed by atoms with E-state index in [9.17, 15) is 4.79 Å². The van der Waals surface area contributed by atoms with Crippen LogP contribution in [0, 0.1) is 5.92 Å². The summed E-state index contributed by atoms with van der Waals surface area (Å²) in [5.41, 5.74) is 3.88. The minimum absolute atomic E-state index is 0.142. The number of rotatable bonds is 5. The molecule has 0 aliphatic carbocycles. The zero-order chi connectivity index (χ0) is 20.0. The van der Waals surface area contributed by atoms with Crippen LogP contribution in [0.5, 0.6) is 5.75 Å². The second kappa shape index (κ2) is 7.08. The van der Waals surface area contributed by atoms with Crippen LogP contribution in [-0.4, -0.2) is 56.1 Å². The quantitative estimate of drug-likeness (QED) is 0.720. The number of amides is 1. The monoisotopic (exact) mass is 392 g/mol. The zero-order valence-electron chi connectivity index (χ0n) is 16.6. The Bertz CT molecular complexity index is 1070. The Hall–Kier alpha value is -3.06. The van der Waals surface area contributed by atoms with Gasteiger partial charge in [0.15, 0.2) is 5.58 Å². The van der Waals surface area contributed by atoms with E-state index < -0.39 is 0 Å². The summed E-state index contributed by atoms with van der Waals surface area (Å²) >= 11 is 0. The molecule has 0 bridgehead atoms. The van der Waals surface area contributed by atoms with Crippen LogP contribution in [0.2, 0.25) is 0 Å². The molecule has 0 spiro atoms. The lowest BCUT2D eigenvalue weighted by Gasteiger charge is -2.39. The van der Waals surface area contributed by atoms with Gasteiger partial charge < -0.3 is 24.3 Å². The Morgan fingerprint density at radius 1 is 1.24 bits per heavy atom. The average Bonchev–Trinajstić information content (AvgIpc) is 3.29. The van der Waals surface area contributed by atoms with E-state index in [4.69, 9.17) is 9.15 Å². The van der Waals surface area contributed by atoms with E-state index in [1.807, 2.05) is 30.3 Å². The van der Waals surface area contributed by atoms with Crippen LogP contribution in [0.15, 0.2) is 40.8 Å². The van der Waals surface area contributed by atoms with Crippen molar-refractivity contribution < 1.29 is 13.9 Å². The molecule has 2 aromatic carbocycles. The molecule has 1 fully saturated rings. The summed E-state index contributed by atoms with van der Waals surface area (Å²) in [4.78, 5) is 21.6. The van der Waals surface area contributed by atoms with E-state index in [0.29, 0.717) is 29.8 Å². The van der Waals surface area contributed by atoms with Crippen LogP contribution < -0.4 is 15.0 Å². The molecule has 1 N–H and O–H groups in total. The molecule has 0 radical (unpaired) electrons. The summed E-state index contributed by atoms with van der Waals surface area (Å²) in [7, 11) is 4.18. The van der Waals surface area contributed by atoms with Crippen molar-refractivity contribution in [1.29, 1.82) is 0 Å². The Labute approximate surface area is 169 Å². The van der Waals surface area contributed by atoms with Gasteiger partial charge in [0.1, 0.15) is 11.3 Å². The molecule has 1 aromatic heterocycles. The predicted octanol–water partition coefficient (Wildman–Crippen LogP) is 3.01. The molecule has 1 saturated heterocycles. The van der Waals surface area contributed by atoms with Crippen molar-refractivity contribution in [2.24, 2.45) is 5.92 Å². The average molecular weight is 392 g/mol. The molecule has 5 rings (SSSR count). The van der Waals surface area contributed by atoms with Gasteiger partial charge in [-0.15, -0.1) is 0 Å². The number of nitrogens with zero attached hydrogens (tertiary/aromatic N) is 3. The first-order valence-corrected chi connectivity index (χ1v) is 9.92. The van der Waals surface area contributed by atoms with Crippen molar-refractivity contribution in [3.05, 3.63) is 47.5 Å². The van der Waals surface area contributed by atoms with Gasteiger partial charge in [0.2, 0.25) is 0 Å². The van der Waals surface area contributed by atoms with Gasteiger partial charge in [-0.05, 0) is 56.1 Å². The summed E-state index contributed by atoms with van der Waals surface area (Å²) in [6, 6.07) is 11.8. The van der Waals surface area contributed by atoms with Crippen LogP contribution >= 0.6 is 0 Å². The second-order valence-electron chi connectivity index (χ2n) is 8.09. The van der Waals surface area contributed by atoms with Gasteiger partial charge in [0.05, 0.1) is 6.61 Å². The molecule has 7 nitrogen and oxygen atoms in total. The van der Waals surface area contributed by atoms with Gasteiger partial charge >= 0.3 is 0 Å². The molecular weight excluding hydrogens is 368 g/mol. The van der Waals surface area contributed by atoms with Crippen LogP contribution in [0.4, 0.5) is 11.7 Å². The number of carbonyl (C=O) groups excluding carboxylic acids is 1. The van der Waals surface area contributed by atoms with Gasteiger partial charge in [-0.1, -0.05) is 0 Å². The van der Waals surface area contributed by atoms with Crippen molar-refractivity contribution in [2.75, 3.05) is 50.6 Å². The lowest BCUT2D eigenvalue weighted by atomic mass is 10.0. The summed E-state index contributed by atoms with van der Waals surface area (Å²) in [6.07, 6.45) is 0.843. The third-order valence-electron chi connectivity index (χ3n) is 5.44. The minimum atomic E-state index is -0.142. The summed E-state index contributed by atoms with van der Waals surface area (Å²) in [5.74, 6) is 1.38. The molecule has 2 aliphatic rings. The number of benzene rings is 2. The van der Waals surface area contributed by atoms with Gasteiger partial charge in [-0.25, -0.2) is 0 Å². The van der Waals surface area contributed by atoms with E-state index >= 15 is 0 Å².